The van der Waals surface area contributed by atoms with E-state index in [2.05, 4.69) is 31.5 Å². The van der Waals surface area contributed by atoms with Crippen molar-refractivity contribution in [3.8, 4) is 0 Å². The number of hydrogen-bond acceptors (Lipinski definition) is 13. The van der Waals surface area contributed by atoms with Crippen LogP contribution in [0.4, 0.5) is 0 Å². The van der Waals surface area contributed by atoms with Gasteiger partial charge >= 0.3 is 5.97 Å². The van der Waals surface area contributed by atoms with E-state index in [4.69, 9.17) is 11.5 Å². The highest BCUT2D eigenvalue weighted by Crippen LogP contribution is 2.51. The quantitative estimate of drug-likeness (QED) is 0.131. The molecule has 6 atom stereocenters. The molecule has 0 unspecified atom stereocenters. The van der Waals surface area contributed by atoms with Gasteiger partial charge in [-0.05, 0) is 23.8 Å². The number of nitrogens with one attached hydrogen (secondary N) is 3. The predicted octanol–water partition coefficient (Wildman–Crippen LogP) is -3.65. The van der Waals surface area contributed by atoms with Crippen LogP contribution in [0.5, 0.6) is 0 Å². The molecule has 18 heteroatoms. The highest BCUT2D eigenvalue weighted by molar-refractivity contribution is 8.03. The van der Waals surface area contributed by atoms with Crippen molar-refractivity contribution < 1.29 is 24.3 Å². The fourth-order valence-electron chi connectivity index (χ4n) is 6.47. The topological polar surface area (TPSA) is 230 Å². The van der Waals surface area contributed by atoms with E-state index in [1.54, 1.807) is 21.6 Å². The normalized spacial score (nSPS) is 27.7. The van der Waals surface area contributed by atoms with E-state index in [9.17, 15) is 24.3 Å². The fourth-order valence-corrected chi connectivity index (χ4v) is 7.97. The molecular weight excluding hydrogens is 580 g/mol. The van der Waals surface area contributed by atoms with Crippen molar-refractivity contribution in [1.82, 2.24) is 50.9 Å². The molecular formula is C25H40N12O5S. The Morgan fingerprint density at radius 2 is 1.91 bits per heavy atom. The van der Waals surface area contributed by atoms with Gasteiger partial charge in [0.05, 0.1) is 12.6 Å². The summed E-state index contributed by atoms with van der Waals surface area (Å²) in [6.07, 6.45) is 1.20. The number of nitrogens with zero attached hydrogens (tertiary/aromatic N) is 7. The molecule has 5 rings (SSSR count). The molecule has 43 heavy (non-hydrogen) atoms. The van der Waals surface area contributed by atoms with E-state index in [0.717, 1.165) is 4.91 Å². The number of carboxylic acid groups (broad SMARTS) is 1. The second kappa shape index (κ2) is 13.1. The monoisotopic (exact) mass is 620 g/mol. The lowest BCUT2D eigenvalue weighted by molar-refractivity contribution is -0.140. The summed E-state index contributed by atoms with van der Waals surface area (Å²) in [5, 5.41) is 30.0. The van der Waals surface area contributed by atoms with Crippen molar-refractivity contribution >= 4 is 35.5 Å². The molecule has 4 aliphatic rings. The van der Waals surface area contributed by atoms with Crippen LogP contribution in [0.2, 0.25) is 0 Å². The zero-order chi connectivity index (χ0) is 30.8. The summed E-state index contributed by atoms with van der Waals surface area (Å²) in [5.74, 6) is -1.22. The van der Waals surface area contributed by atoms with Gasteiger partial charge in [-0.2, -0.15) is 0 Å². The number of carbonyl (C=O) groups excluding carboxylic acids is 3. The van der Waals surface area contributed by atoms with Gasteiger partial charge < -0.3 is 41.9 Å². The molecule has 3 amide bonds. The number of hydrogen-bond donors (Lipinski definition) is 6. The minimum Gasteiger partial charge on any atom is -0.477 e. The number of aromatic nitrogens is 4. The zero-order valence-corrected chi connectivity index (χ0v) is 25.1. The standard InChI is InChI=1S/C25H40N12O5S/c1-13-20-16(14(2)31-18(38)11-36-12-30-32-33-36)10-37(20)21(24(41)42)22(13)43-15-7-17(28-8-15)23(40)35-5-3-34(4-6-35)19(39)9-29-25(26)27/h12-17,20,25,28-29H,3-11,26-27H2,1-2H3,(H,31,38)(H,41,42)/t13-,14-,15+,16-,17+,20-/m1/s1. The SMILES string of the molecule is C[C@@H](NC(=O)Cn1cnnn1)[C@H]1CN2C(C(=O)O)=C(S[C@@H]3CN[C@H](C(=O)N4CCN(C(=O)CNC(N)N)CC4)C3)[C@H](C)[C@H]12. The number of aliphatic carboxylic acids is 1. The molecule has 0 aromatic carbocycles. The van der Waals surface area contributed by atoms with Gasteiger partial charge in [-0.1, -0.05) is 6.92 Å². The van der Waals surface area contributed by atoms with Gasteiger partial charge in [-0.3, -0.25) is 19.7 Å². The summed E-state index contributed by atoms with van der Waals surface area (Å²) in [6.45, 7) is 6.96. The number of fused-ring (bicyclic) bond motifs is 1. The number of tetrazole rings is 1. The molecule has 236 valence electrons. The van der Waals surface area contributed by atoms with E-state index in [-0.39, 0.29) is 66.0 Å². The van der Waals surface area contributed by atoms with Gasteiger partial charge in [0.2, 0.25) is 17.7 Å². The van der Waals surface area contributed by atoms with Gasteiger partial charge in [-0.15, -0.1) is 16.9 Å². The van der Waals surface area contributed by atoms with Gasteiger partial charge in [0.15, 0.2) is 0 Å². The minimum atomic E-state index is -0.958. The van der Waals surface area contributed by atoms with Crippen LogP contribution in [-0.2, 0) is 25.7 Å². The van der Waals surface area contributed by atoms with Gasteiger partial charge in [0, 0.05) is 73.3 Å². The molecule has 0 saturated carbocycles. The lowest BCUT2D eigenvalue weighted by Gasteiger charge is -2.50. The average Bonchev–Trinajstić information content (AvgIpc) is 3.67. The maximum Gasteiger partial charge on any atom is 0.353 e. The highest BCUT2D eigenvalue weighted by atomic mass is 32.2. The van der Waals surface area contributed by atoms with Crippen LogP contribution in [0, 0.1) is 11.8 Å². The first kappa shape index (κ1) is 31.1. The summed E-state index contributed by atoms with van der Waals surface area (Å²) in [7, 11) is 0. The number of thioether (sulfide) groups is 1. The second-order valence-electron chi connectivity index (χ2n) is 11.5. The third kappa shape index (κ3) is 6.77. The summed E-state index contributed by atoms with van der Waals surface area (Å²) in [6, 6.07) is -0.548. The van der Waals surface area contributed by atoms with E-state index in [1.807, 2.05) is 18.7 Å². The number of rotatable bonds is 11. The Morgan fingerprint density at radius 1 is 1.19 bits per heavy atom. The van der Waals surface area contributed by atoms with Crippen LogP contribution in [0.3, 0.4) is 0 Å². The van der Waals surface area contributed by atoms with Crippen molar-refractivity contribution in [3.05, 3.63) is 16.9 Å². The molecule has 0 radical (unpaired) electrons. The molecule has 0 aliphatic carbocycles. The molecule has 1 aromatic heterocycles. The Labute approximate surface area is 253 Å². The Morgan fingerprint density at radius 3 is 2.56 bits per heavy atom. The first-order valence-corrected chi connectivity index (χ1v) is 15.4. The van der Waals surface area contributed by atoms with E-state index < -0.39 is 12.3 Å². The third-order valence-corrected chi connectivity index (χ3v) is 10.2. The largest absolute Gasteiger partial charge is 0.477 e. The molecule has 3 saturated heterocycles. The molecule has 5 heterocycles. The van der Waals surface area contributed by atoms with Crippen LogP contribution in [0.15, 0.2) is 16.9 Å². The van der Waals surface area contributed by atoms with Crippen LogP contribution >= 0.6 is 11.8 Å². The molecule has 17 nitrogen and oxygen atoms in total. The molecule has 0 bridgehead atoms. The van der Waals surface area contributed by atoms with Crippen molar-refractivity contribution in [3.63, 3.8) is 0 Å². The Hall–Kier alpha value is -3.32. The van der Waals surface area contributed by atoms with Crippen LogP contribution in [-0.4, -0.2) is 139 Å². The molecule has 4 aliphatic heterocycles. The van der Waals surface area contributed by atoms with Crippen molar-refractivity contribution in [2.75, 3.05) is 45.8 Å². The van der Waals surface area contributed by atoms with Crippen LogP contribution in [0.25, 0.3) is 0 Å². The van der Waals surface area contributed by atoms with Crippen molar-refractivity contribution in [2.45, 2.75) is 56.5 Å². The highest BCUT2D eigenvalue weighted by Gasteiger charge is 2.54. The van der Waals surface area contributed by atoms with Crippen molar-refractivity contribution in [1.29, 1.82) is 0 Å². The van der Waals surface area contributed by atoms with E-state index >= 15 is 0 Å². The smallest absolute Gasteiger partial charge is 0.353 e. The molecule has 0 spiro atoms. The number of carbonyl (C=O) groups is 4. The molecule has 1 aromatic rings. The average molecular weight is 621 g/mol. The lowest BCUT2D eigenvalue weighted by atomic mass is 9.79. The van der Waals surface area contributed by atoms with Gasteiger partial charge in [-0.25, -0.2) is 9.48 Å². The molecule has 3 fully saturated rings. The Kier molecular flexibility index (Phi) is 9.50. The lowest BCUT2D eigenvalue weighted by Crippen LogP contribution is -2.62. The van der Waals surface area contributed by atoms with E-state index in [1.165, 1.54) is 11.0 Å². The van der Waals surface area contributed by atoms with Gasteiger partial charge in [0.1, 0.15) is 24.9 Å². The molecule has 8 N–H and O–H groups in total. The summed E-state index contributed by atoms with van der Waals surface area (Å²) in [4.78, 5) is 56.7. The first-order valence-electron chi connectivity index (χ1n) is 14.5. The number of amides is 3. The van der Waals surface area contributed by atoms with Gasteiger partial charge in [0.25, 0.3) is 0 Å². The number of piperazine rings is 1. The predicted molar refractivity (Wildman–Crippen MR) is 154 cm³/mol. The minimum absolute atomic E-state index is 0.000614. The fraction of sp³-hybridized carbons (Fsp3) is 0.720. The van der Waals surface area contributed by atoms with Crippen molar-refractivity contribution in [2.24, 2.45) is 23.3 Å². The number of nitrogens with two attached hydrogens (primary N) is 2. The first-order chi connectivity index (χ1) is 20.5. The Balaban J connectivity index is 1.12. The van der Waals surface area contributed by atoms with Crippen LogP contribution in [0.1, 0.15) is 20.3 Å². The van der Waals surface area contributed by atoms with E-state index in [0.29, 0.717) is 51.4 Å². The summed E-state index contributed by atoms with van der Waals surface area (Å²) >= 11 is 1.55. The zero-order valence-electron chi connectivity index (χ0n) is 24.3. The Bertz CT molecular complexity index is 1240. The second-order valence-corrected chi connectivity index (χ2v) is 12.9. The summed E-state index contributed by atoms with van der Waals surface area (Å²) in [5.41, 5.74) is 11.2. The number of carboxylic acids is 1. The van der Waals surface area contributed by atoms with Crippen LogP contribution < -0.4 is 27.4 Å². The maximum atomic E-state index is 13.3. The maximum absolute atomic E-state index is 13.3. The summed E-state index contributed by atoms with van der Waals surface area (Å²) < 4.78 is 1.35. The third-order valence-electron chi connectivity index (χ3n) is 8.70.